The molecule has 31 heteroatoms. The van der Waals surface area contributed by atoms with Crippen LogP contribution in [0, 0.1) is 5.92 Å². The van der Waals surface area contributed by atoms with Crippen LogP contribution in [-0.2, 0) is 61.9 Å². The Morgan fingerprint density at radius 1 is 0.500 bits per heavy atom. The lowest BCUT2D eigenvalue weighted by Gasteiger charge is -2.48. The van der Waals surface area contributed by atoms with E-state index in [1.807, 2.05) is 0 Å². The Morgan fingerprint density at radius 3 is 1.19 bits per heavy atom. The smallest absolute Gasteiger partial charge is 0.326 e. The molecule has 4 amide bonds. The lowest BCUT2D eigenvalue weighted by molar-refractivity contribution is -0.347. The molecule has 416 valence electrons. The Bertz CT molecular complexity index is 1790. The second kappa shape index (κ2) is 26.8. The van der Waals surface area contributed by atoms with E-state index >= 15 is 0 Å². The molecule has 0 aliphatic carbocycles. The molecular formula is C41H71N5O26. The zero-order valence-corrected chi connectivity index (χ0v) is 40.0. The number of hydrogen-bond acceptors (Lipinski definition) is 26. The number of hydrogen-bond donors (Lipinski definition) is 18. The van der Waals surface area contributed by atoms with Crippen LogP contribution in [0.15, 0.2) is 0 Å². The van der Waals surface area contributed by atoms with Gasteiger partial charge >= 0.3 is 5.97 Å². The summed E-state index contributed by atoms with van der Waals surface area (Å²) in [6, 6.07) is -8.59. The second-order valence-corrected chi connectivity index (χ2v) is 18.2. The fraction of sp³-hybridized carbons (Fsp3) is 0.878. The molecule has 0 aromatic heterocycles. The number of amides is 4. The second-order valence-electron chi connectivity index (χ2n) is 18.2. The predicted molar refractivity (Wildman–Crippen MR) is 231 cm³/mol. The largest absolute Gasteiger partial charge is 0.480 e. The number of aliphatic hydroxyl groups is 12. The first-order chi connectivity index (χ1) is 33.7. The molecule has 0 radical (unpaired) electrons. The van der Waals surface area contributed by atoms with Crippen molar-refractivity contribution in [3.63, 3.8) is 0 Å². The van der Waals surface area contributed by atoms with E-state index in [0.29, 0.717) is 0 Å². The number of carboxylic acid groups (broad SMARTS) is 1. The van der Waals surface area contributed by atoms with Crippen molar-refractivity contribution in [1.29, 1.82) is 0 Å². The average molecular weight is 1050 g/mol. The molecule has 0 aromatic rings. The van der Waals surface area contributed by atoms with Gasteiger partial charge in [0.2, 0.25) is 23.6 Å². The first-order valence-electron chi connectivity index (χ1n) is 23.0. The first-order valence-corrected chi connectivity index (χ1v) is 23.0. The maximum atomic E-state index is 14.1. The number of nitrogens with two attached hydrogens (primary N) is 1. The number of carbonyl (C=O) groups excluding carboxylic acids is 4. The van der Waals surface area contributed by atoms with E-state index in [1.54, 1.807) is 0 Å². The van der Waals surface area contributed by atoms with Gasteiger partial charge in [-0.1, -0.05) is 13.8 Å². The minimum atomic E-state index is -2.02. The van der Waals surface area contributed by atoms with Gasteiger partial charge in [-0.25, -0.2) is 4.79 Å². The van der Waals surface area contributed by atoms with E-state index in [-0.39, 0.29) is 0 Å². The molecule has 25 atom stereocenters. The molecule has 4 rings (SSSR count). The van der Waals surface area contributed by atoms with Crippen LogP contribution < -0.4 is 27.0 Å². The average Bonchev–Trinajstić information content (AvgIpc) is 3.32. The lowest BCUT2D eigenvalue weighted by atomic mass is 9.95. The van der Waals surface area contributed by atoms with Crippen LogP contribution >= 0.6 is 0 Å². The summed E-state index contributed by atoms with van der Waals surface area (Å²) < 4.78 is 46.1. The molecule has 19 N–H and O–H groups in total. The van der Waals surface area contributed by atoms with Gasteiger partial charge in [-0.15, -0.1) is 0 Å². The van der Waals surface area contributed by atoms with E-state index in [2.05, 4.69) is 21.3 Å². The molecule has 0 saturated carbocycles. The third-order valence-electron chi connectivity index (χ3n) is 12.5. The van der Waals surface area contributed by atoms with Crippen molar-refractivity contribution in [3.05, 3.63) is 0 Å². The number of ether oxygens (including phenoxy) is 8. The lowest BCUT2D eigenvalue weighted by Crippen LogP contribution is -2.69. The topological polar surface area (TPSA) is 496 Å². The third kappa shape index (κ3) is 14.5. The number of nitrogens with one attached hydrogen (secondary N) is 4. The van der Waals surface area contributed by atoms with Gasteiger partial charge < -0.3 is 131 Å². The fourth-order valence-corrected chi connectivity index (χ4v) is 8.34. The minimum Gasteiger partial charge on any atom is -0.480 e. The standard InChI is InChI=1S/C41H71N5O26/c1-11(2)21(37(63)64)45-36(62)22(13(4)66-39-24(44-15(6)52)34(28(56)19(10-50)68-39)72-41-32(60)30(58)26(54)17(8-48)70-41)46-35(61)20(42)12(3)65-38-23(43-14(5)51)33(27(55)18(9-49)67-38)71-40-31(59)29(57)25(53)16(7-47)69-40/h11-13,16-34,38-41,47-50,53-60H,7-10,42H2,1-6H3,(H,43,51)(H,44,52)(H,45,62)(H,46,61)(H,63,64)/t12-,13-,16-,17-,18-,19-,20+,21+,22+,23-,24-,25+,26+,27+,28+,29+,30+,31-,32-,33-,34-,38+,39+,40+,41+/m1/s1. The summed E-state index contributed by atoms with van der Waals surface area (Å²) in [5, 5.41) is 144. The maximum Gasteiger partial charge on any atom is 0.326 e. The highest BCUT2D eigenvalue weighted by Gasteiger charge is 2.54. The number of rotatable bonds is 22. The summed E-state index contributed by atoms with van der Waals surface area (Å²) in [7, 11) is 0. The zero-order valence-electron chi connectivity index (χ0n) is 40.0. The molecule has 4 aliphatic heterocycles. The summed E-state index contributed by atoms with van der Waals surface area (Å²) in [5.41, 5.74) is 6.37. The molecule has 4 saturated heterocycles. The Kier molecular flexibility index (Phi) is 22.7. The number of aliphatic hydroxyl groups excluding tert-OH is 12. The molecule has 0 aromatic carbocycles. The van der Waals surface area contributed by atoms with E-state index in [4.69, 9.17) is 43.6 Å². The van der Waals surface area contributed by atoms with Crippen molar-refractivity contribution in [2.75, 3.05) is 26.4 Å². The molecule has 4 heterocycles. The van der Waals surface area contributed by atoms with Gasteiger partial charge in [0.05, 0.1) is 38.6 Å². The Balaban J connectivity index is 1.64. The SMILES string of the molecule is CC(=O)N[C@H]1[C@@H](O[C@H](C)[C@H](N)C(=O)N[C@H](C(=O)N[C@H](C(=O)O)C(C)C)[C@@H](C)O[C@H]2O[C@H](CO)[C@H](O)[C@H](O[C@@H]3O[C@H](CO)[C@H](O)[C@H](O)[C@H]3O)[C@H]2NC(C)=O)O[C@H](CO)[C@H](O)[C@@H]1O[C@@H]1O[C@H](CO)[C@H](O)[C@H](O)[C@H]1O. The molecule has 4 fully saturated rings. The quantitative estimate of drug-likeness (QED) is 0.0479. The van der Waals surface area contributed by atoms with Crippen molar-refractivity contribution in [2.45, 2.75) is 195 Å². The Labute approximate surface area is 411 Å². The molecule has 0 bridgehead atoms. The Morgan fingerprint density at radius 2 is 0.847 bits per heavy atom. The summed E-state index contributed by atoms with van der Waals surface area (Å²) in [6.45, 7) is 3.83. The summed E-state index contributed by atoms with van der Waals surface area (Å²) in [6.07, 6.45) is -35.4. The van der Waals surface area contributed by atoms with Crippen LogP contribution in [0.1, 0.15) is 41.5 Å². The Hall–Kier alpha value is -3.49. The molecule has 0 unspecified atom stereocenters. The van der Waals surface area contributed by atoms with Crippen molar-refractivity contribution in [1.82, 2.24) is 21.3 Å². The molecule has 0 spiro atoms. The summed E-state index contributed by atoms with van der Waals surface area (Å²) in [5.74, 6) is -6.19. The van der Waals surface area contributed by atoms with Gasteiger partial charge in [-0.05, 0) is 19.8 Å². The summed E-state index contributed by atoms with van der Waals surface area (Å²) >= 11 is 0. The van der Waals surface area contributed by atoms with Crippen molar-refractivity contribution < 1.29 is 128 Å². The third-order valence-corrected chi connectivity index (χ3v) is 12.5. The van der Waals surface area contributed by atoms with Crippen molar-refractivity contribution in [3.8, 4) is 0 Å². The van der Waals surface area contributed by atoms with Crippen LogP contribution in [0.5, 0.6) is 0 Å². The monoisotopic (exact) mass is 1050 g/mol. The predicted octanol–water partition coefficient (Wildman–Crippen LogP) is -10.6. The van der Waals surface area contributed by atoms with Crippen molar-refractivity contribution in [2.24, 2.45) is 11.7 Å². The normalized spacial score (nSPS) is 39.4. The van der Waals surface area contributed by atoms with E-state index < -0.39 is 215 Å². The number of carboxylic acids is 1. The summed E-state index contributed by atoms with van der Waals surface area (Å²) in [4.78, 5) is 65.5. The molecular weight excluding hydrogens is 978 g/mol. The molecule has 31 nitrogen and oxygen atoms in total. The van der Waals surface area contributed by atoms with E-state index in [9.17, 15) is 90.4 Å². The van der Waals surface area contributed by atoms with Gasteiger partial charge in [0.15, 0.2) is 25.2 Å². The van der Waals surface area contributed by atoms with E-state index in [0.717, 1.165) is 13.8 Å². The highest BCUT2D eigenvalue weighted by Crippen LogP contribution is 2.33. The van der Waals surface area contributed by atoms with Gasteiger partial charge in [-0.2, -0.15) is 0 Å². The highest BCUT2D eigenvalue weighted by molar-refractivity contribution is 5.92. The first kappa shape index (κ1) is 61.1. The fourth-order valence-electron chi connectivity index (χ4n) is 8.34. The zero-order chi connectivity index (χ0) is 54.2. The van der Waals surface area contributed by atoms with Crippen molar-refractivity contribution >= 4 is 29.6 Å². The van der Waals surface area contributed by atoms with Gasteiger partial charge in [0, 0.05) is 13.8 Å². The van der Waals surface area contributed by atoms with E-state index in [1.165, 1.54) is 27.7 Å². The van der Waals surface area contributed by atoms with Gasteiger partial charge in [0.1, 0.15) is 116 Å². The van der Waals surface area contributed by atoms with Crippen LogP contribution in [0.3, 0.4) is 0 Å². The van der Waals surface area contributed by atoms with Crippen LogP contribution in [0.4, 0.5) is 0 Å². The minimum absolute atomic E-state index is 0.741. The molecule has 4 aliphatic rings. The van der Waals surface area contributed by atoms with Crippen LogP contribution in [0.25, 0.3) is 0 Å². The van der Waals surface area contributed by atoms with Crippen LogP contribution in [-0.4, -0.2) is 275 Å². The maximum absolute atomic E-state index is 14.1. The van der Waals surface area contributed by atoms with Crippen LogP contribution in [0.2, 0.25) is 0 Å². The number of carbonyl (C=O) groups is 5. The van der Waals surface area contributed by atoms with Gasteiger partial charge in [0.25, 0.3) is 0 Å². The highest BCUT2D eigenvalue weighted by atomic mass is 16.7. The number of aliphatic carboxylic acids is 1. The molecule has 72 heavy (non-hydrogen) atoms. The van der Waals surface area contributed by atoms with Gasteiger partial charge in [-0.3, -0.25) is 19.2 Å².